The lowest BCUT2D eigenvalue weighted by molar-refractivity contribution is -0.121. The number of carbonyl (C=O) groups is 3. The van der Waals surface area contributed by atoms with Crippen molar-refractivity contribution in [3.63, 3.8) is 0 Å². The van der Waals surface area contributed by atoms with Crippen LogP contribution in [0.15, 0.2) is 47.6 Å². The summed E-state index contributed by atoms with van der Waals surface area (Å²) in [6, 6.07) is 12.0. The van der Waals surface area contributed by atoms with Crippen molar-refractivity contribution in [1.29, 1.82) is 0 Å². The fourth-order valence-corrected chi connectivity index (χ4v) is 3.40. The molecule has 142 valence electrons. The number of fused-ring (bicyclic) bond motifs is 1. The van der Waals surface area contributed by atoms with Gasteiger partial charge in [-0.05, 0) is 35.9 Å². The number of hydrazone groups is 1. The summed E-state index contributed by atoms with van der Waals surface area (Å²) in [6.45, 7) is 0.255. The molecule has 0 unspecified atom stereocenters. The summed E-state index contributed by atoms with van der Waals surface area (Å²) in [5.41, 5.74) is 4.83. The largest absolute Gasteiger partial charge is 0.490 e. The Labute approximate surface area is 165 Å². The van der Waals surface area contributed by atoms with Gasteiger partial charge in [0.25, 0.3) is 11.8 Å². The van der Waals surface area contributed by atoms with Crippen LogP contribution in [0.25, 0.3) is 0 Å². The Balaban J connectivity index is 1.39. The lowest BCUT2D eigenvalue weighted by Gasteiger charge is -2.16. The maximum absolute atomic E-state index is 12.3. The number of hydrogen-bond acceptors (Lipinski definition) is 5. The minimum absolute atomic E-state index is 0.108. The standard InChI is InChI=1S/C20H16ClN3O4/c21-15-11-12(16-6-8-18(25)23-22-16)5-7-17(15)28-10-9-24-19(26)13-3-1-2-4-14(13)20(24)27/h1-5,7,11H,6,8-10H2,(H,23,25). The van der Waals surface area contributed by atoms with E-state index in [-0.39, 0.29) is 30.9 Å². The average Bonchev–Trinajstić information content (AvgIpc) is 2.95. The first kappa shape index (κ1) is 18.2. The van der Waals surface area contributed by atoms with Crippen LogP contribution in [0.2, 0.25) is 5.02 Å². The van der Waals surface area contributed by atoms with Gasteiger partial charge in [-0.1, -0.05) is 23.7 Å². The van der Waals surface area contributed by atoms with Crippen molar-refractivity contribution in [1.82, 2.24) is 10.3 Å². The molecule has 1 N–H and O–H groups in total. The molecule has 2 aliphatic heterocycles. The zero-order valence-corrected chi connectivity index (χ0v) is 15.5. The van der Waals surface area contributed by atoms with Crippen molar-refractivity contribution < 1.29 is 19.1 Å². The minimum Gasteiger partial charge on any atom is -0.490 e. The first-order valence-corrected chi connectivity index (χ1v) is 9.16. The van der Waals surface area contributed by atoms with Gasteiger partial charge < -0.3 is 4.74 Å². The third kappa shape index (κ3) is 3.36. The van der Waals surface area contributed by atoms with Gasteiger partial charge in [0.05, 0.1) is 28.4 Å². The molecule has 0 saturated carbocycles. The predicted octanol–water partition coefficient (Wildman–Crippen LogP) is 2.63. The van der Waals surface area contributed by atoms with Crippen LogP contribution in [0.5, 0.6) is 5.75 Å². The van der Waals surface area contributed by atoms with Crippen LogP contribution in [-0.2, 0) is 4.79 Å². The van der Waals surface area contributed by atoms with Crippen molar-refractivity contribution in [2.75, 3.05) is 13.2 Å². The second-order valence-corrected chi connectivity index (χ2v) is 6.80. The molecule has 7 nitrogen and oxygen atoms in total. The zero-order valence-electron chi connectivity index (χ0n) is 14.8. The number of halogens is 1. The Morgan fingerprint density at radius 2 is 1.75 bits per heavy atom. The topological polar surface area (TPSA) is 88.1 Å². The van der Waals surface area contributed by atoms with Gasteiger partial charge in [0.1, 0.15) is 12.4 Å². The van der Waals surface area contributed by atoms with Gasteiger partial charge in [0, 0.05) is 12.8 Å². The van der Waals surface area contributed by atoms with Gasteiger partial charge >= 0.3 is 0 Å². The summed E-state index contributed by atoms with van der Waals surface area (Å²) < 4.78 is 5.67. The molecule has 2 aliphatic rings. The Morgan fingerprint density at radius 1 is 1.04 bits per heavy atom. The molecule has 2 heterocycles. The summed E-state index contributed by atoms with van der Waals surface area (Å²) in [5.74, 6) is -0.295. The Hall–Kier alpha value is -3.19. The number of carbonyl (C=O) groups excluding carboxylic acids is 3. The van der Waals surface area contributed by atoms with E-state index in [1.54, 1.807) is 42.5 Å². The monoisotopic (exact) mass is 397 g/mol. The van der Waals surface area contributed by atoms with Crippen LogP contribution in [0.4, 0.5) is 0 Å². The van der Waals surface area contributed by atoms with Crippen molar-refractivity contribution in [2.24, 2.45) is 5.10 Å². The molecular formula is C20H16ClN3O4. The molecule has 0 spiro atoms. The van der Waals surface area contributed by atoms with E-state index in [0.717, 1.165) is 11.3 Å². The van der Waals surface area contributed by atoms with Crippen molar-refractivity contribution in [2.45, 2.75) is 12.8 Å². The first-order valence-electron chi connectivity index (χ1n) is 8.78. The molecule has 0 saturated heterocycles. The Kier molecular flexibility index (Phi) is 4.83. The van der Waals surface area contributed by atoms with Gasteiger partial charge in [-0.3, -0.25) is 19.3 Å². The Bertz CT molecular complexity index is 983. The minimum atomic E-state index is -0.317. The van der Waals surface area contributed by atoms with E-state index in [0.29, 0.717) is 34.7 Å². The molecule has 8 heteroatoms. The molecule has 4 rings (SSSR count). The average molecular weight is 398 g/mol. The lowest BCUT2D eigenvalue weighted by atomic mass is 10.0. The van der Waals surface area contributed by atoms with Crippen molar-refractivity contribution in [3.8, 4) is 5.75 Å². The maximum atomic E-state index is 12.3. The smallest absolute Gasteiger partial charge is 0.261 e. The van der Waals surface area contributed by atoms with Crippen LogP contribution < -0.4 is 10.2 Å². The van der Waals surface area contributed by atoms with E-state index in [4.69, 9.17) is 16.3 Å². The summed E-state index contributed by atoms with van der Waals surface area (Å²) in [7, 11) is 0. The molecule has 0 aromatic heterocycles. The number of hydrogen-bond donors (Lipinski definition) is 1. The highest BCUT2D eigenvalue weighted by molar-refractivity contribution is 6.32. The molecular weight excluding hydrogens is 382 g/mol. The van der Waals surface area contributed by atoms with E-state index >= 15 is 0 Å². The van der Waals surface area contributed by atoms with Gasteiger partial charge in [0.15, 0.2) is 0 Å². The second kappa shape index (κ2) is 7.44. The molecule has 0 fully saturated rings. The van der Waals surface area contributed by atoms with Gasteiger partial charge in [-0.15, -0.1) is 0 Å². The van der Waals surface area contributed by atoms with E-state index < -0.39 is 0 Å². The number of ether oxygens (including phenoxy) is 1. The predicted molar refractivity (Wildman–Crippen MR) is 103 cm³/mol. The summed E-state index contributed by atoms with van der Waals surface area (Å²) in [4.78, 5) is 37.0. The number of amides is 3. The maximum Gasteiger partial charge on any atom is 0.261 e. The quantitative estimate of drug-likeness (QED) is 0.785. The third-order valence-corrected chi connectivity index (χ3v) is 4.92. The van der Waals surface area contributed by atoms with Crippen LogP contribution in [0.1, 0.15) is 39.1 Å². The fourth-order valence-electron chi connectivity index (χ4n) is 3.17. The molecule has 0 bridgehead atoms. The molecule has 0 radical (unpaired) electrons. The van der Waals surface area contributed by atoms with Crippen LogP contribution in [0.3, 0.4) is 0 Å². The number of rotatable bonds is 5. The normalized spacial score (nSPS) is 16.0. The lowest BCUT2D eigenvalue weighted by Crippen LogP contribution is -2.33. The molecule has 3 amide bonds. The number of nitrogens with one attached hydrogen (secondary N) is 1. The van der Waals surface area contributed by atoms with Crippen LogP contribution >= 0.6 is 11.6 Å². The zero-order chi connectivity index (χ0) is 19.7. The molecule has 28 heavy (non-hydrogen) atoms. The van der Waals surface area contributed by atoms with E-state index in [2.05, 4.69) is 10.5 Å². The molecule has 0 atom stereocenters. The summed E-state index contributed by atoms with van der Waals surface area (Å²) >= 11 is 6.29. The molecule has 0 aliphatic carbocycles. The van der Waals surface area contributed by atoms with Gasteiger partial charge in [-0.25, -0.2) is 5.43 Å². The summed E-state index contributed by atoms with van der Waals surface area (Å²) in [6.07, 6.45) is 0.928. The number of imide groups is 1. The van der Waals surface area contributed by atoms with E-state index in [1.807, 2.05) is 0 Å². The fraction of sp³-hybridized carbons (Fsp3) is 0.200. The van der Waals surface area contributed by atoms with Gasteiger partial charge in [0.2, 0.25) is 5.91 Å². The van der Waals surface area contributed by atoms with E-state index in [1.165, 1.54) is 4.90 Å². The highest BCUT2D eigenvalue weighted by Gasteiger charge is 2.34. The highest BCUT2D eigenvalue weighted by atomic mass is 35.5. The van der Waals surface area contributed by atoms with Crippen LogP contribution in [0, 0.1) is 0 Å². The molecule has 2 aromatic carbocycles. The Morgan fingerprint density at radius 3 is 2.36 bits per heavy atom. The highest BCUT2D eigenvalue weighted by Crippen LogP contribution is 2.27. The second-order valence-electron chi connectivity index (χ2n) is 6.39. The van der Waals surface area contributed by atoms with Crippen LogP contribution in [-0.4, -0.2) is 41.5 Å². The SMILES string of the molecule is O=C1CCC(c2ccc(OCCN3C(=O)c4ccccc4C3=O)c(Cl)c2)=NN1. The number of nitrogens with zero attached hydrogens (tertiary/aromatic N) is 2. The van der Waals surface area contributed by atoms with Crippen molar-refractivity contribution >= 4 is 35.0 Å². The molecule has 2 aromatic rings. The third-order valence-electron chi connectivity index (χ3n) is 4.62. The van der Waals surface area contributed by atoms with Crippen molar-refractivity contribution in [3.05, 3.63) is 64.2 Å². The number of benzene rings is 2. The first-order chi connectivity index (χ1) is 13.5. The van der Waals surface area contributed by atoms with E-state index in [9.17, 15) is 14.4 Å². The van der Waals surface area contributed by atoms with Gasteiger partial charge in [-0.2, -0.15) is 5.10 Å². The summed E-state index contributed by atoms with van der Waals surface area (Å²) in [5, 5.41) is 4.43.